The third-order valence-corrected chi connectivity index (χ3v) is 5.22. The zero-order valence-corrected chi connectivity index (χ0v) is 13.0. The summed E-state index contributed by atoms with van der Waals surface area (Å²) >= 11 is 0. The molecule has 0 saturated heterocycles. The normalized spacial score (nSPS) is 13.2. The SMILES string of the molecule is CCCn1cc(S(=O)(=O)N(C)C(C)(C)CO)nc1C. The van der Waals surface area contributed by atoms with E-state index in [1.807, 2.05) is 11.5 Å². The zero-order valence-electron chi connectivity index (χ0n) is 12.2. The highest BCUT2D eigenvalue weighted by molar-refractivity contribution is 7.89. The first-order valence-corrected chi connectivity index (χ1v) is 7.74. The molecule has 1 aromatic heterocycles. The number of aliphatic hydroxyl groups excluding tert-OH is 1. The standard InChI is InChI=1S/C12H23N3O3S/c1-6-7-15-8-11(13-10(15)2)19(17,18)14(5)12(3,4)9-16/h8,16H,6-7,9H2,1-5H3. The molecule has 0 saturated carbocycles. The van der Waals surface area contributed by atoms with Crippen molar-refractivity contribution in [2.75, 3.05) is 13.7 Å². The first-order chi connectivity index (χ1) is 8.66. The van der Waals surface area contributed by atoms with Crippen LogP contribution >= 0.6 is 0 Å². The van der Waals surface area contributed by atoms with Gasteiger partial charge in [-0.25, -0.2) is 13.4 Å². The number of aryl methyl sites for hydroxylation is 2. The summed E-state index contributed by atoms with van der Waals surface area (Å²) in [6, 6.07) is 0. The molecule has 0 aromatic carbocycles. The molecule has 0 aliphatic carbocycles. The van der Waals surface area contributed by atoms with Gasteiger partial charge in [-0.1, -0.05) is 6.92 Å². The summed E-state index contributed by atoms with van der Waals surface area (Å²) in [5.74, 6) is 0.677. The van der Waals surface area contributed by atoms with E-state index in [0.717, 1.165) is 17.3 Å². The largest absolute Gasteiger partial charge is 0.394 e. The Hall–Kier alpha value is -0.920. The van der Waals surface area contributed by atoms with Gasteiger partial charge in [0.05, 0.1) is 12.1 Å². The van der Waals surface area contributed by atoms with Crippen LogP contribution in [0.3, 0.4) is 0 Å². The number of aliphatic hydroxyl groups is 1. The van der Waals surface area contributed by atoms with Crippen molar-refractivity contribution < 1.29 is 13.5 Å². The lowest BCUT2D eigenvalue weighted by Crippen LogP contribution is -2.47. The van der Waals surface area contributed by atoms with Crippen LogP contribution in [0.2, 0.25) is 0 Å². The van der Waals surface area contributed by atoms with Gasteiger partial charge in [0.1, 0.15) is 5.82 Å². The maximum Gasteiger partial charge on any atom is 0.262 e. The van der Waals surface area contributed by atoms with E-state index >= 15 is 0 Å². The topological polar surface area (TPSA) is 75.4 Å². The molecule has 1 rings (SSSR count). The van der Waals surface area contributed by atoms with E-state index < -0.39 is 15.6 Å². The molecule has 0 aliphatic heterocycles. The molecule has 0 radical (unpaired) electrons. The number of imidazole rings is 1. The van der Waals surface area contributed by atoms with Gasteiger partial charge in [-0.3, -0.25) is 0 Å². The van der Waals surface area contributed by atoms with Crippen LogP contribution in [0.15, 0.2) is 11.2 Å². The minimum Gasteiger partial charge on any atom is -0.394 e. The second-order valence-electron chi connectivity index (χ2n) is 5.26. The first-order valence-electron chi connectivity index (χ1n) is 6.30. The Kier molecular flexibility index (Phi) is 4.76. The van der Waals surface area contributed by atoms with Crippen molar-refractivity contribution in [2.45, 2.75) is 51.2 Å². The molecule has 0 unspecified atom stereocenters. The van der Waals surface area contributed by atoms with E-state index in [9.17, 15) is 13.5 Å². The number of hydrogen-bond acceptors (Lipinski definition) is 4. The van der Waals surface area contributed by atoms with E-state index in [1.165, 1.54) is 7.05 Å². The highest BCUT2D eigenvalue weighted by Gasteiger charge is 2.35. The van der Waals surface area contributed by atoms with Crippen molar-refractivity contribution in [2.24, 2.45) is 0 Å². The highest BCUT2D eigenvalue weighted by Crippen LogP contribution is 2.22. The lowest BCUT2D eigenvalue weighted by Gasteiger charge is -2.31. The van der Waals surface area contributed by atoms with Gasteiger partial charge >= 0.3 is 0 Å². The summed E-state index contributed by atoms with van der Waals surface area (Å²) in [7, 11) is -2.23. The number of rotatable bonds is 6. The molecular formula is C12H23N3O3S. The van der Waals surface area contributed by atoms with Gasteiger partial charge in [-0.2, -0.15) is 4.31 Å². The van der Waals surface area contributed by atoms with Crippen LogP contribution in [0.4, 0.5) is 0 Å². The molecule has 110 valence electrons. The van der Waals surface area contributed by atoms with Crippen molar-refractivity contribution in [3.8, 4) is 0 Å². The number of likely N-dealkylation sites (N-methyl/N-ethyl adjacent to an activating group) is 1. The van der Waals surface area contributed by atoms with Crippen LogP contribution in [0.25, 0.3) is 0 Å². The molecule has 6 nitrogen and oxygen atoms in total. The number of aromatic nitrogens is 2. The second-order valence-corrected chi connectivity index (χ2v) is 7.18. The fourth-order valence-electron chi connectivity index (χ4n) is 1.64. The molecular weight excluding hydrogens is 266 g/mol. The van der Waals surface area contributed by atoms with Gasteiger partial charge < -0.3 is 9.67 Å². The van der Waals surface area contributed by atoms with Crippen molar-refractivity contribution in [3.63, 3.8) is 0 Å². The Morgan fingerprint density at radius 2 is 2.05 bits per heavy atom. The molecule has 19 heavy (non-hydrogen) atoms. The number of hydrogen-bond donors (Lipinski definition) is 1. The Morgan fingerprint density at radius 3 is 2.53 bits per heavy atom. The summed E-state index contributed by atoms with van der Waals surface area (Å²) in [5, 5.41) is 9.32. The minimum atomic E-state index is -3.69. The quantitative estimate of drug-likeness (QED) is 0.847. The van der Waals surface area contributed by atoms with Crippen LogP contribution in [-0.4, -0.2) is 46.6 Å². The Bertz CT molecular complexity index is 534. The van der Waals surface area contributed by atoms with E-state index in [2.05, 4.69) is 4.98 Å². The fraction of sp³-hybridized carbons (Fsp3) is 0.750. The average molecular weight is 289 g/mol. The molecule has 0 spiro atoms. The van der Waals surface area contributed by atoms with Gasteiger partial charge in [0.15, 0.2) is 5.03 Å². The van der Waals surface area contributed by atoms with Crippen LogP contribution < -0.4 is 0 Å². The van der Waals surface area contributed by atoms with Crippen LogP contribution in [0.1, 0.15) is 33.0 Å². The van der Waals surface area contributed by atoms with E-state index in [0.29, 0.717) is 5.82 Å². The molecule has 0 bridgehead atoms. The van der Waals surface area contributed by atoms with Gasteiger partial charge in [0.25, 0.3) is 10.0 Å². The van der Waals surface area contributed by atoms with Gasteiger partial charge in [0.2, 0.25) is 0 Å². The highest BCUT2D eigenvalue weighted by atomic mass is 32.2. The molecule has 1 N–H and O–H groups in total. The molecule has 0 aliphatic rings. The maximum absolute atomic E-state index is 12.4. The monoisotopic (exact) mass is 289 g/mol. The molecule has 1 aromatic rings. The predicted molar refractivity (Wildman–Crippen MR) is 73.4 cm³/mol. The average Bonchev–Trinajstić information content (AvgIpc) is 2.71. The zero-order chi connectivity index (χ0) is 14.8. The van der Waals surface area contributed by atoms with Crippen molar-refractivity contribution in [3.05, 3.63) is 12.0 Å². The predicted octanol–water partition coefficient (Wildman–Crippen LogP) is 0.993. The fourth-order valence-corrected chi connectivity index (χ4v) is 3.13. The van der Waals surface area contributed by atoms with Crippen molar-refractivity contribution in [1.82, 2.24) is 13.9 Å². The number of nitrogens with zero attached hydrogens (tertiary/aromatic N) is 3. The Morgan fingerprint density at radius 1 is 1.47 bits per heavy atom. The van der Waals surface area contributed by atoms with Gasteiger partial charge in [0, 0.05) is 19.8 Å². The third kappa shape index (κ3) is 3.16. The maximum atomic E-state index is 12.4. The van der Waals surface area contributed by atoms with Gasteiger partial charge in [-0.15, -0.1) is 0 Å². The Balaban J connectivity index is 3.17. The molecule has 0 atom stereocenters. The molecule has 1 heterocycles. The van der Waals surface area contributed by atoms with Crippen LogP contribution in [0, 0.1) is 6.92 Å². The minimum absolute atomic E-state index is 0.0301. The van der Waals surface area contributed by atoms with Crippen molar-refractivity contribution in [1.29, 1.82) is 0 Å². The van der Waals surface area contributed by atoms with Gasteiger partial charge in [-0.05, 0) is 27.2 Å². The first kappa shape index (κ1) is 16.1. The summed E-state index contributed by atoms with van der Waals surface area (Å²) in [6.07, 6.45) is 2.47. The smallest absolute Gasteiger partial charge is 0.262 e. The molecule has 7 heteroatoms. The van der Waals surface area contributed by atoms with E-state index in [-0.39, 0.29) is 11.6 Å². The lowest BCUT2D eigenvalue weighted by molar-refractivity contribution is 0.137. The number of sulfonamides is 1. The molecule has 0 amide bonds. The summed E-state index contributed by atoms with van der Waals surface area (Å²) < 4.78 is 27.9. The van der Waals surface area contributed by atoms with E-state index in [1.54, 1.807) is 27.0 Å². The lowest BCUT2D eigenvalue weighted by atomic mass is 10.1. The summed E-state index contributed by atoms with van der Waals surface area (Å²) in [6.45, 7) is 7.63. The van der Waals surface area contributed by atoms with Crippen molar-refractivity contribution >= 4 is 10.0 Å². The second kappa shape index (κ2) is 5.60. The third-order valence-electron chi connectivity index (χ3n) is 3.28. The van der Waals surface area contributed by atoms with E-state index in [4.69, 9.17) is 0 Å². The van der Waals surface area contributed by atoms with Crippen LogP contribution in [0.5, 0.6) is 0 Å². The molecule has 0 fully saturated rings. The Labute approximate surface area is 115 Å². The summed E-state index contributed by atoms with van der Waals surface area (Å²) in [5.41, 5.74) is -0.860. The summed E-state index contributed by atoms with van der Waals surface area (Å²) in [4.78, 5) is 4.12. The van der Waals surface area contributed by atoms with Crippen LogP contribution in [-0.2, 0) is 16.6 Å².